The van der Waals surface area contributed by atoms with Crippen LogP contribution in [0.15, 0.2) is 39.3 Å². The summed E-state index contributed by atoms with van der Waals surface area (Å²) in [5, 5.41) is 27.6. The van der Waals surface area contributed by atoms with Crippen LogP contribution in [-0.2, 0) is 11.3 Å². The molecule has 0 aliphatic heterocycles. The van der Waals surface area contributed by atoms with Crippen molar-refractivity contribution in [1.82, 2.24) is 4.57 Å². The number of benzene rings is 1. The fourth-order valence-corrected chi connectivity index (χ4v) is 2.65. The smallest absolute Gasteiger partial charge is 0.338 e. The van der Waals surface area contributed by atoms with E-state index in [1.54, 1.807) is 31.2 Å². The van der Waals surface area contributed by atoms with Gasteiger partial charge in [0.25, 0.3) is 5.56 Å². The zero-order chi connectivity index (χ0) is 21.4. The van der Waals surface area contributed by atoms with Crippen LogP contribution in [0.5, 0.6) is 5.88 Å². The van der Waals surface area contributed by atoms with Crippen molar-refractivity contribution in [3.63, 3.8) is 0 Å². The molecule has 8 heteroatoms. The predicted molar refractivity (Wildman–Crippen MR) is 108 cm³/mol. The summed E-state index contributed by atoms with van der Waals surface area (Å²) in [6.45, 7) is 6.05. The van der Waals surface area contributed by atoms with Crippen LogP contribution in [0.25, 0.3) is 0 Å². The number of hydrogen-bond acceptors (Lipinski definition) is 7. The highest BCUT2D eigenvalue weighted by Gasteiger charge is 2.18. The lowest BCUT2D eigenvalue weighted by Crippen LogP contribution is -2.21. The van der Waals surface area contributed by atoms with Gasteiger partial charge in [-0.2, -0.15) is 10.4 Å². The first-order chi connectivity index (χ1) is 13.9. The van der Waals surface area contributed by atoms with Gasteiger partial charge in [0.2, 0.25) is 5.88 Å². The van der Waals surface area contributed by atoms with Crippen LogP contribution in [0.1, 0.15) is 54.6 Å². The first-order valence-corrected chi connectivity index (χ1v) is 9.49. The van der Waals surface area contributed by atoms with Crippen molar-refractivity contribution in [3.8, 4) is 11.9 Å². The minimum atomic E-state index is -0.513. The molecule has 0 aliphatic carbocycles. The average molecular weight is 396 g/mol. The largest absolute Gasteiger partial charge is 0.493 e. The first kappa shape index (κ1) is 21.8. The first-order valence-electron chi connectivity index (χ1n) is 9.49. The second kappa shape index (κ2) is 10.2. The molecule has 1 heterocycles. The summed E-state index contributed by atoms with van der Waals surface area (Å²) in [5.41, 5.74) is 0.580. The molecule has 0 radical (unpaired) electrons. The van der Waals surface area contributed by atoms with Crippen molar-refractivity contribution < 1.29 is 14.6 Å². The molecule has 152 valence electrons. The van der Waals surface area contributed by atoms with E-state index in [9.17, 15) is 20.0 Å². The van der Waals surface area contributed by atoms with Gasteiger partial charge in [0, 0.05) is 12.1 Å². The molecule has 0 fully saturated rings. The molecule has 29 heavy (non-hydrogen) atoms. The number of azo groups is 1. The molecule has 1 aromatic carbocycles. The Balaban J connectivity index is 2.30. The van der Waals surface area contributed by atoms with Crippen LogP contribution in [0.3, 0.4) is 0 Å². The van der Waals surface area contributed by atoms with Crippen molar-refractivity contribution in [2.45, 2.75) is 46.6 Å². The maximum absolute atomic E-state index is 12.6. The maximum Gasteiger partial charge on any atom is 0.338 e. The molecule has 0 unspecified atom stereocenters. The van der Waals surface area contributed by atoms with E-state index in [-0.39, 0.29) is 29.2 Å². The van der Waals surface area contributed by atoms with Crippen LogP contribution >= 0.6 is 0 Å². The summed E-state index contributed by atoms with van der Waals surface area (Å²) in [6, 6.07) is 8.23. The molecule has 0 saturated heterocycles. The number of ether oxygens (including phenoxy) is 1. The third-order valence-corrected chi connectivity index (χ3v) is 4.32. The van der Waals surface area contributed by atoms with Gasteiger partial charge in [-0.05, 0) is 44.0 Å². The van der Waals surface area contributed by atoms with Crippen LogP contribution in [0, 0.1) is 18.3 Å². The number of unbranched alkanes of at least 4 members (excludes halogenated alkanes) is 1. The quantitative estimate of drug-likeness (QED) is 0.400. The Hall–Kier alpha value is -3.47. The standard InChI is InChI=1S/C21H24N4O4/c1-4-6-12-29-21(28)15-7-9-16(10-8-15)23-24-18-14(3)17(13-22)19(26)25(11-5-2)20(18)27/h7-10,26H,4-6,11-12H2,1-3H3. The molecule has 0 bridgehead atoms. The summed E-state index contributed by atoms with van der Waals surface area (Å²) in [7, 11) is 0. The van der Waals surface area contributed by atoms with E-state index in [4.69, 9.17) is 4.74 Å². The van der Waals surface area contributed by atoms with Crippen molar-refractivity contribution in [2.75, 3.05) is 6.61 Å². The summed E-state index contributed by atoms with van der Waals surface area (Å²) < 4.78 is 6.27. The van der Waals surface area contributed by atoms with Crippen molar-refractivity contribution in [1.29, 1.82) is 5.26 Å². The molecule has 2 aromatic rings. The number of carbonyl (C=O) groups excluding carboxylic acids is 1. The SMILES string of the molecule is CCCCOC(=O)c1ccc(N=Nc2c(C)c(C#N)c(O)n(CCC)c2=O)cc1. The van der Waals surface area contributed by atoms with Gasteiger partial charge in [-0.25, -0.2) is 4.79 Å². The molecule has 0 saturated carbocycles. The maximum atomic E-state index is 12.6. The molecule has 1 aromatic heterocycles. The number of aromatic hydroxyl groups is 1. The molecule has 1 N–H and O–H groups in total. The zero-order valence-electron chi connectivity index (χ0n) is 16.8. The Morgan fingerprint density at radius 3 is 2.48 bits per heavy atom. The lowest BCUT2D eigenvalue weighted by molar-refractivity contribution is 0.0500. The van der Waals surface area contributed by atoms with E-state index in [1.165, 1.54) is 0 Å². The van der Waals surface area contributed by atoms with Crippen LogP contribution in [-0.4, -0.2) is 22.2 Å². The monoisotopic (exact) mass is 396 g/mol. The minimum Gasteiger partial charge on any atom is -0.493 e. The molecular weight excluding hydrogens is 372 g/mol. The number of esters is 1. The summed E-state index contributed by atoms with van der Waals surface area (Å²) >= 11 is 0. The predicted octanol–water partition coefficient (Wildman–Crippen LogP) is 4.52. The normalized spacial score (nSPS) is 10.8. The lowest BCUT2D eigenvalue weighted by Gasteiger charge is -2.11. The Labute approximate surface area is 169 Å². The highest BCUT2D eigenvalue weighted by Crippen LogP contribution is 2.27. The van der Waals surface area contributed by atoms with Gasteiger partial charge in [0.15, 0.2) is 5.69 Å². The number of nitriles is 1. The number of aromatic nitrogens is 1. The second-order valence-corrected chi connectivity index (χ2v) is 6.48. The number of rotatable bonds is 8. The topological polar surface area (TPSA) is 117 Å². The van der Waals surface area contributed by atoms with Crippen LogP contribution in [0.2, 0.25) is 0 Å². The molecular formula is C21H24N4O4. The Morgan fingerprint density at radius 1 is 1.21 bits per heavy atom. The second-order valence-electron chi connectivity index (χ2n) is 6.48. The molecule has 8 nitrogen and oxygen atoms in total. The van der Waals surface area contributed by atoms with Crippen LogP contribution in [0.4, 0.5) is 11.4 Å². The van der Waals surface area contributed by atoms with Crippen molar-refractivity contribution >= 4 is 17.3 Å². The average Bonchev–Trinajstić information content (AvgIpc) is 2.72. The van der Waals surface area contributed by atoms with Crippen molar-refractivity contribution in [2.24, 2.45) is 10.2 Å². The Kier molecular flexibility index (Phi) is 7.66. The van der Waals surface area contributed by atoms with E-state index < -0.39 is 11.5 Å². The van der Waals surface area contributed by atoms with E-state index in [0.717, 1.165) is 17.4 Å². The molecule has 0 atom stereocenters. The van der Waals surface area contributed by atoms with Gasteiger partial charge >= 0.3 is 5.97 Å². The summed E-state index contributed by atoms with van der Waals surface area (Å²) in [4.78, 5) is 24.6. The summed E-state index contributed by atoms with van der Waals surface area (Å²) in [5.74, 6) is -0.765. The third kappa shape index (κ3) is 5.08. The van der Waals surface area contributed by atoms with E-state index in [0.29, 0.717) is 24.3 Å². The summed E-state index contributed by atoms with van der Waals surface area (Å²) in [6.07, 6.45) is 2.36. The fraction of sp³-hybridized carbons (Fsp3) is 0.381. The van der Waals surface area contributed by atoms with Crippen LogP contribution < -0.4 is 5.56 Å². The molecule has 0 aliphatic rings. The number of carbonyl (C=O) groups is 1. The third-order valence-electron chi connectivity index (χ3n) is 4.32. The molecule has 0 amide bonds. The molecule has 0 spiro atoms. The minimum absolute atomic E-state index is 0.00262. The number of pyridine rings is 1. The van der Waals surface area contributed by atoms with E-state index >= 15 is 0 Å². The van der Waals surface area contributed by atoms with Gasteiger partial charge in [-0.1, -0.05) is 20.3 Å². The highest BCUT2D eigenvalue weighted by atomic mass is 16.5. The van der Waals surface area contributed by atoms with Gasteiger partial charge in [-0.3, -0.25) is 9.36 Å². The van der Waals surface area contributed by atoms with Gasteiger partial charge in [0.1, 0.15) is 11.6 Å². The van der Waals surface area contributed by atoms with E-state index in [1.807, 2.05) is 19.9 Å². The number of hydrogen-bond donors (Lipinski definition) is 1. The Bertz CT molecular complexity index is 1000. The lowest BCUT2D eigenvalue weighted by atomic mass is 10.1. The van der Waals surface area contributed by atoms with Crippen molar-refractivity contribution in [3.05, 3.63) is 51.3 Å². The van der Waals surface area contributed by atoms with Gasteiger partial charge < -0.3 is 9.84 Å². The fourth-order valence-electron chi connectivity index (χ4n) is 2.65. The number of nitrogens with zero attached hydrogens (tertiary/aromatic N) is 4. The van der Waals surface area contributed by atoms with Gasteiger partial charge in [0.05, 0.1) is 17.9 Å². The van der Waals surface area contributed by atoms with Gasteiger partial charge in [-0.15, -0.1) is 5.11 Å². The zero-order valence-corrected chi connectivity index (χ0v) is 16.8. The Morgan fingerprint density at radius 2 is 1.90 bits per heavy atom. The highest BCUT2D eigenvalue weighted by molar-refractivity contribution is 5.89. The van der Waals surface area contributed by atoms with E-state index in [2.05, 4.69) is 10.2 Å². The molecule has 2 rings (SSSR count).